The van der Waals surface area contributed by atoms with Gasteiger partial charge in [0, 0.05) is 0 Å². The Kier molecular flexibility index (Phi) is 9.17. The van der Waals surface area contributed by atoms with Crippen LogP contribution in [0.2, 0.25) is 0 Å². The van der Waals surface area contributed by atoms with Gasteiger partial charge in [-0.1, -0.05) is 0 Å². The van der Waals surface area contributed by atoms with Gasteiger partial charge in [-0.15, -0.1) is 0 Å². The third-order valence-corrected chi connectivity index (χ3v) is 3.88. The molecule has 4 nitrogen and oxygen atoms in total. The van der Waals surface area contributed by atoms with Gasteiger partial charge in [0.25, 0.3) is 0 Å². The van der Waals surface area contributed by atoms with Crippen molar-refractivity contribution >= 4 is 67.5 Å². The number of nitrogens with one attached hydrogen (secondary N) is 2. The Hall–Kier alpha value is -0.711. The number of halogens is 3. The van der Waals surface area contributed by atoms with Gasteiger partial charge in [0.15, 0.2) is 0 Å². The molecule has 0 aliphatic carbocycles. The molecule has 0 saturated carbocycles. The van der Waals surface area contributed by atoms with Crippen LogP contribution in [-0.2, 0) is 4.79 Å². The molecule has 1 radical (unpaired) electrons. The van der Waals surface area contributed by atoms with Crippen LogP contribution in [0.4, 0.5) is 0 Å². The number of amidine groups is 1. The van der Waals surface area contributed by atoms with Gasteiger partial charge in [-0.05, 0) is 0 Å². The first kappa shape index (κ1) is 21.3. The summed E-state index contributed by atoms with van der Waals surface area (Å²) in [6, 6.07) is 9.43. The Balaban J connectivity index is 2.71. The van der Waals surface area contributed by atoms with Gasteiger partial charge >= 0.3 is 166 Å². The fraction of sp³-hybridized carbons (Fsp3) is 0.375. The Bertz CT molecular complexity index is 586. The van der Waals surface area contributed by atoms with E-state index in [1.807, 2.05) is 44.2 Å². The van der Waals surface area contributed by atoms with E-state index in [2.05, 4.69) is 31.6 Å². The first-order valence-electron chi connectivity index (χ1n) is 7.27. The summed E-state index contributed by atoms with van der Waals surface area (Å²) in [5, 5.41) is 5.49. The van der Waals surface area contributed by atoms with Crippen molar-refractivity contribution in [3.05, 3.63) is 42.0 Å². The van der Waals surface area contributed by atoms with Crippen LogP contribution in [0.3, 0.4) is 0 Å². The van der Waals surface area contributed by atoms with E-state index in [-0.39, 0.29) is 5.91 Å². The van der Waals surface area contributed by atoms with Gasteiger partial charge in [-0.2, -0.15) is 0 Å². The molecule has 1 rings (SSSR count). The molecule has 8 heteroatoms. The van der Waals surface area contributed by atoms with Crippen LogP contribution in [0.1, 0.15) is 19.4 Å². The van der Waals surface area contributed by atoms with E-state index in [1.54, 1.807) is 6.08 Å². The van der Waals surface area contributed by atoms with E-state index in [0.29, 0.717) is 17.2 Å². The number of alkyl halides is 3. The summed E-state index contributed by atoms with van der Waals surface area (Å²) >= 11 is 20.5. The maximum atomic E-state index is 12.1. The Morgan fingerprint density at radius 1 is 1.25 bits per heavy atom. The molecule has 2 N–H and O–H groups in total. The fourth-order valence-corrected chi connectivity index (χ4v) is 2.29. The summed E-state index contributed by atoms with van der Waals surface area (Å²) in [5.41, 5.74) is 0.897. The summed E-state index contributed by atoms with van der Waals surface area (Å²) in [7, 11) is 0. The van der Waals surface area contributed by atoms with E-state index < -0.39 is 9.96 Å². The Labute approximate surface area is 165 Å². The monoisotopic (exact) mass is 454 g/mol. The number of benzene rings is 1. The fourth-order valence-electron chi connectivity index (χ4n) is 1.56. The average Bonchev–Trinajstić information content (AvgIpc) is 2.50. The molecular weight excluding hydrogens is 436 g/mol. The standard InChI is InChI=1S/C16H19Cl3N3OSe/c1-11(2)10-20-15(24)22-14(16(17,18)19)21-13(23)9-8-12-6-4-3-5-7-12/h3-9,11,14H,10H2,1-2H3,(H,20,22)(H,21,23)/b9-8+. The number of aliphatic imine (C=N–C) groups is 1. The van der Waals surface area contributed by atoms with Crippen molar-refractivity contribution in [2.45, 2.75) is 23.8 Å². The summed E-state index contributed by atoms with van der Waals surface area (Å²) in [4.78, 5) is 16.3. The molecule has 0 fully saturated rings. The van der Waals surface area contributed by atoms with Crippen molar-refractivity contribution in [2.75, 3.05) is 6.54 Å². The maximum absolute atomic E-state index is 12.1. The number of carbonyl (C=O) groups excluding carboxylic acids is 1. The normalized spacial score (nSPS) is 14.0. The molecule has 1 aromatic rings. The van der Waals surface area contributed by atoms with Crippen LogP contribution in [0.5, 0.6) is 0 Å². The molecule has 0 aliphatic rings. The van der Waals surface area contributed by atoms with Crippen LogP contribution < -0.4 is 10.6 Å². The van der Waals surface area contributed by atoms with Gasteiger partial charge in [0.1, 0.15) is 0 Å². The van der Waals surface area contributed by atoms with Crippen molar-refractivity contribution in [3.8, 4) is 0 Å². The van der Waals surface area contributed by atoms with Gasteiger partial charge in [0.2, 0.25) is 0 Å². The molecule has 1 aromatic carbocycles. The molecule has 131 valence electrons. The van der Waals surface area contributed by atoms with Crippen LogP contribution in [0.25, 0.3) is 6.08 Å². The first-order valence-corrected chi connectivity index (χ1v) is 9.26. The summed E-state index contributed by atoms with van der Waals surface area (Å²) in [6.07, 6.45) is 2.13. The van der Waals surface area contributed by atoms with Gasteiger partial charge in [-0.3, -0.25) is 0 Å². The second kappa shape index (κ2) is 10.3. The zero-order chi connectivity index (χ0) is 18.2. The van der Waals surface area contributed by atoms with Crippen molar-refractivity contribution in [3.63, 3.8) is 0 Å². The van der Waals surface area contributed by atoms with E-state index in [9.17, 15) is 4.79 Å². The number of hydrogen-bond donors (Lipinski definition) is 2. The quantitative estimate of drug-likeness (QED) is 0.173. The Morgan fingerprint density at radius 3 is 2.42 bits per heavy atom. The summed E-state index contributed by atoms with van der Waals surface area (Å²) < 4.78 is -1.27. The number of carbonyl (C=O) groups is 1. The molecule has 24 heavy (non-hydrogen) atoms. The van der Waals surface area contributed by atoms with Gasteiger partial charge in [-0.25, -0.2) is 0 Å². The molecule has 0 bridgehead atoms. The molecule has 1 atom stereocenters. The average molecular weight is 455 g/mol. The molecule has 0 saturated heterocycles. The Morgan fingerprint density at radius 2 is 1.88 bits per heavy atom. The van der Waals surface area contributed by atoms with E-state index in [0.717, 1.165) is 5.56 Å². The number of amides is 1. The van der Waals surface area contributed by atoms with Gasteiger partial charge in [0.05, 0.1) is 0 Å². The molecular formula is C16H19Cl3N3OSe. The van der Waals surface area contributed by atoms with E-state index in [4.69, 9.17) is 34.8 Å². The zero-order valence-electron chi connectivity index (χ0n) is 13.3. The molecule has 0 aromatic heterocycles. The second-order valence-corrected chi connectivity index (χ2v) is 8.59. The molecule has 0 heterocycles. The molecule has 1 amide bonds. The molecule has 0 aliphatic heterocycles. The topological polar surface area (TPSA) is 53.5 Å². The van der Waals surface area contributed by atoms with Crippen molar-refractivity contribution < 1.29 is 4.79 Å². The van der Waals surface area contributed by atoms with Crippen LogP contribution >= 0.6 is 34.8 Å². The predicted molar refractivity (Wildman–Crippen MR) is 104 cm³/mol. The summed E-state index contributed by atoms with van der Waals surface area (Å²) in [6.45, 7) is 4.70. The van der Waals surface area contributed by atoms with Crippen LogP contribution in [0, 0.1) is 5.92 Å². The predicted octanol–water partition coefficient (Wildman–Crippen LogP) is 3.28. The third kappa shape index (κ3) is 8.95. The minimum absolute atomic E-state index is 0.390. The van der Waals surface area contributed by atoms with E-state index >= 15 is 0 Å². The minimum atomic E-state index is -1.74. The molecule has 0 spiro atoms. The summed E-state index contributed by atoms with van der Waals surface area (Å²) in [5.74, 6) is 0.00379. The number of hydrogen-bond acceptors (Lipinski definition) is 2. The van der Waals surface area contributed by atoms with Gasteiger partial charge < -0.3 is 0 Å². The van der Waals surface area contributed by atoms with E-state index in [1.165, 1.54) is 6.08 Å². The SMILES string of the molecule is CC(C)CN=C([Se])NC(NC(=O)/C=C/c1ccccc1)C(Cl)(Cl)Cl. The van der Waals surface area contributed by atoms with Crippen molar-refractivity contribution in [1.29, 1.82) is 0 Å². The number of rotatable bonds is 6. The van der Waals surface area contributed by atoms with Crippen LogP contribution in [0.15, 0.2) is 41.4 Å². The van der Waals surface area contributed by atoms with Crippen LogP contribution in [-0.4, -0.2) is 43.2 Å². The third-order valence-electron chi connectivity index (χ3n) is 2.71. The first-order chi connectivity index (χ1) is 11.2. The second-order valence-electron chi connectivity index (χ2n) is 5.41. The zero-order valence-corrected chi connectivity index (χ0v) is 17.3. The van der Waals surface area contributed by atoms with Crippen molar-refractivity contribution in [1.82, 2.24) is 10.6 Å². The van der Waals surface area contributed by atoms with Crippen molar-refractivity contribution in [2.24, 2.45) is 10.9 Å². The molecule has 1 unspecified atom stereocenters. The number of nitrogens with zero attached hydrogens (tertiary/aromatic N) is 1.